The monoisotopic (exact) mass is 427 g/mol. The Balaban J connectivity index is 1.21. The van der Waals surface area contributed by atoms with Crippen molar-refractivity contribution in [2.45, 2.75) is 12.8 Å². The highest BCUT2D eigenvalue weighted by Crippen LogP contribution is 2.32. The fourth-order valence-corrected chi connectivity index (χ4v) is 3.22. The number of hydrogen-bond donors (Lipinski definition) is 2. The van der Waals surface area contributed by atoms with Crippen LogP contribution in [-0.4, -0.2) is 43.0 Å². The van der Waals surface area contributed by atoms with Crippen LogP contribution in [0.5, 0.6) is 11.5 Å². The molecule has 8 nitrogen and oxygen atoms in total. The van der Waals surface area contributed by atoms with Crippen molar-refractivity contribution < 1.29 is 14.0 Å². The van der Waals surface area contributed by atoms with Gasteiger partial charge in [-0.25, -0.2) is 0 Å². The maximum absolute atomic E-state index is 6.01. The molecule has 4 rings (SSSR count). The maximum atomic E-state index is 6.01. The molecule has 2 N–H and O–H groups in total. The minimum absolute atomic E-state index is 0.286. The molecular formula is C21H22ClN5O3. The van der Waals surface area contributed by atoms with Crippen molar-refractivity contribution >= 4 is 17.6 Å². The van der Waals surface area contributed by atoms with E-state index in [9.17, 15) is 0 Å². The number of benzene rings is 2. The summed E-state index contributed by atoms with van der Waals surface area (Å²) in [7, 11) is 1.74. The van der Waals surface area contributed by atoms with Crippen molar-refractivity contribution in [2.24, 2.45) is 4.99 Å². The second kappa shape index (κ2) is 9.49. The van der Waals surface area contributed by atoms with E-state index >= 15 is 0 Å². The third-order valence-electron chi connectivity index (χ3n) is 4.55. The van der Waals surface area contributed by atoms with Gasteiger partial charge in [0, 0.05) is 37.1 Å². The Morgan fingerprint density at radius 3 is 2.73 bits per heavy atom. The number of halogens is 1. The van der Waals surface area contributed by atoms with Gasteiger partial charge in [0.1, 0.15) is 0 Å². The van der Waals surface area contributed by atoms with Crippen molar-refractivity contribution in [1.29, 1.82) is 0 Å². The Bertz CT molecular complexity index is 1040. The van der Waals surface area contributed by atoms with Crippen LogP contribution in [-0.2, 0) is 12.8 Å². The fourth-order valence-electron chi connectivity index (χ4n) is 3.03. The first kappa shape index (κ1) is 20.0. The van der Waals surface area contributed by atoms with Crippen molar-refractivity contribution in [2.75, 3.05) is 26.9 Å². The van der Waals surface area contributed by atoms with Gasteiger partial charge in [0.05, 0.1) is 0 Å². The molecule has 0 unspecified atom stereocenters. The second-order valence-corrected chi connectivity index (χ2v) is 7.07. The predicted octanol–water partition coefficient (Wildman–Crippen LogP) is 3.07. The molecule has 0 fully saturated rings. The predicted molar refractivity (Wildman–Crippen MR) is 114 cm³/mol. The van der Waals surface area contributed by atoms with Crippen LogP contribution >= 0.6 is 11.6 Å². The lowest BCUT2D eigenvalue weighted by Crippen LogP contribution is -2.39. The Kier molecular flexibility index (Phi) is 6.34. The number of ether oxygens (including phenoxy) is 2. The lowest BCUT2D eigenvalue weighted by Gasteiger charge is -2.11. The Hall–Kier alpha value is -3.26. The lowest BCUT2D eigenvalue weighted by atomic mass is 10.1. The van der Waals surface area contributed by atoms with Crippen LogP contribution in [0.2, 0.25) is 5.02 Å². The number of nitrogens with zero attached hydrogens (tertiary/aromatic N) is 3. The zero-order valence-corrected chi connectivity index (χ0v) is 17.3. The topological polar surface area (TPSA) is 93.8 Å². The molecule has 0 radical (unpaired) electrons. The summed E-state index contributed by atoms with van der Waals surface area (Å²) in [5, 5.41) is 11.2. The lowest BCUT2D eigenvalue weighted by molar-refractivity contribution is 0.174. The second-order valence-electron chi connectivity index (χ2n) is 6.64. The SMILES string of the molecule is CN=C(NCCc1ccc2c(c1)OCO2)NCCc1nc(-c2cccc(Cl)c2)no1. The van der Waals surface area contributed by atoms with Gasteiger partial charge in [-0.15, -0.1) is 0 Å². The third-order valence-corrected chi connectivity index (χ3v) is 4.78. The Morgan fingerprint density at radius 2 is 1.90 bits per heavy atom. The van der Waals surface area contributed by atoms with E-state index < -0.39 is 0 Å². The average molecular weight is 428 g/mol. The van der Waals surface area contributed by atoms with Gasteiger partial charge < -0.3 is 24.6 Å². The van der Waals surface area contributed by atoms with Crippen LogP contribution in [0.4, 0.5) is 0 Å². The van der Waals surface area contributed by atoms with E-state index in [0.29, 0.717) is 35.7 Å². The minimum Gasteiger partial charge on any atom is -0.454 e. The molecule has 0 aliphatic carbocycles. The number of aliphatic imine (C=N–C) groups is 1. The van der Waals surface area contributed by atoms with Crippen LogP contribution in [0.3, 0.4) is 0 Å². The van der Waals surface area contributed by atoms with Crippen LogP contribution in [0, 0.1) is 0 Å². The van der Waals surface area contributed by atoms with Crippen molar-refractivity contribution in [3.8, 4) is 22.9 Å². The highest BCUT2D eigenvalue weighted by molar-refractivity contribution is 6.30. The van der Waals surface area contributed by atoms with Gasteiger partial charge >= 0.3 is 0 Å². The van der Waals surface area contributed by atoms with E-state index in [1.807, 2.05) is 30.3 Å². The van der Waals surface area contributed by atoms with Gasteiger partial charge in [0.15, 0.2) is 17.5 Å². The van der Waals surface area contributed by atoms with E-state index in [0.717, 1.165) is 30.0 Å². The number of aromatic nitrogens is 2. The maximum Gasteiger partial charge on any atom is 0.231 e. The highest BCUT2D eigenvalue weighted by Gasteiger charge is 2.13. The molecule has 1 aliphatic heterocycles. The van der Waals surface area contributed by atoms with E-state index in [2.05, 4.69) is 25.8 Å². The summed E-state index contributed by atoms with van der Waals surface area (Å²) < 4.78 is 16.1. The van der Waals surface area contributed by atoms with Crippen LogP contribution in [0.25, 0.3) is 11.4 Å². The number of guanidine groups is 1. The van der Waals surface area contributed by atoms with E-state index in [-0.39, 0.29) is 6.79 Å². The van der Waals surface area contributed by atoms with Crippen molar-refractivity contribution in [3.63, 3.8) is 0 Å². The normalized spacial score (nSPS) is 12.8. The van der Waals surface area contributed by atoms with Gasteiger partial charge in [-0.05, 0) is 36.2 Å². The molecule has 1 aromatic heterocycles. The summed E-state index contributed by atoms with van der Waals surface area (Å²) in [5.74, 6) is 3.38. The molecule has 156 valence electrons. The first-order valence-corrected chi connectivity index (χ1v) is 10.0. The first-order valence-electron chi connectivity index (χ1n) is 9.63. The standard InChI is InChI=1S/C21H22ClN5O3/c1-23-21(24-9-7-14-5-6-17-18(11-14)29-13-28-17)25-10-8-19-26-20(27-30-19)15-3-2-4-16(22)12-15/h2-6,11-12H,7-10,13H2,1H3,(H2,23,24,25). The fraction of sp³-hybridized carbons (Fsp3) is 0.286. The third kappa shape index (κ3) is 5.01. The van der Waals surface area contributed by atoms with Gasteiger partial charge in [0.25, 0.3) is 0 Å². The molecular weight excluding hydrogens is 406 g/mol. The van der Waals surface area contributed by atoms with Gasteiger partial charge in [-0.1, -0.05) is 35.0 Å². The smallest absolute Gasteiger partial charge is 0.231 e. The molecule has 30 heavy (non-hydrogen) atoms. The summed E-state index contributed by atoms with van der Waals surface area (Å²) in [4.78, 5) is 8.66. The summed E-state index contributed by atoms with van der Waals surface area (Å²) in [6.07, 6.45) is 1.42. The van der Waals surface area contributed by atoms with Gasteiger partial charge in [-0.3, -0.25) is 4.99 Å². The van der Waals surface area contributed by atoms with E-state index in [4.69, 9.17) is 25.6 Å². The zero-order chi connectivity index (χ0) is 20.8. The molecule has 3 aromatic rings. The minimum atomic E-state index is 0.286. The highest BCUT2D eigenvalue weighted by atomic mass is 35.5. The molecule has 1 aliphatic rings. The van der Waals surface area contributed by atoms with E-state index in [1.165, 1.54) is 5.56 Å². The van der Waals surface area contributed by atoms with Crippen molar-refractivity contribution in [3.05, 3.63) is 58.9 Å². The summed E-state index contributed by atoms with van der Waals surface area (Å²) in [5.41, 5.74) is 1.99. The molecule has 0 saturated carbocycles. The van der Waals surface area contributed by atoms with Crippen LogP contribution in [0.1, 0.15) is 11.5 Å². The molecule has 0 amide bonds. The van der Waals surface area contributed by atoms with Crippen molar-refractivity contribution in [1.82, 2.24) is 20.8 Å². The summed E-state index contributed by atoms with van der Waals surface area (Å²) >= 11 is 6.01. The number of nitrogens with one attached hydrogen (secondary N) is 2. The Labute approximate surface area is 179 Å². The zero-order valence-electron chi connectivity index (χ0n) is 16.5. The number of fused-ring (bicyclic) bond motifs is 1. The van der Waals surface area contributed by atoms with E-state index in [1.54, 1.807) is 19.2 Å². The quantitative estimate of drug-likeness (QED) is 0.442. The van der Waals surface area contributed by atoms with Gasteiger partial charge in [-0.2, -0.15) is 4.98 Å². The first-order chi connectivity index (χ1) is 14.7. The molecule has 2 aromatic carbocycles. The largest absolute Gasteiger partial charge is 0.454 e. The molecule has 9 heteroatoms. The average Bonchev–Trinajstić information content (AvgIpc) is 3.42. The Morgan fingerprint density at radius 1 is 1.07 bits per heavy atom. The molecule has 0 bridgehead atoms. The molecule has 0 spiro atoms. The van der Waals surface area contributed by atoms with Crippen LogP contribution in [0.15, 0.2) is 52.0 Å². The molecule has 2 heterocycles. The summed E-state index contributed by atoms with van der Waals surface area (Å²) in [6, 6.07) is 13.3. The molecule has 0 atom stereocenters. The summed E-state index contributed by atoms with van der Waals surface area (Å²) in [6.45, 7) is 1.63. The number of hydrogen-bond acceptors (Lipinski definition) is 6. The number of rotatable bonds is 7. The molecule has 0 saturated heterocycles. The van der Waals surface area contributed by atoms with Gasteiger partial charge in [0.2, 0.25) is 18.5 Å². The van der Waals surface area contributed by atoms with Crippen LogP contribution < -0.4 is 20.1 Å².